The van der Waals surface area contributed by atoms with Gasteiger partial charge in [0.2, 0.25) is 0 Å². The second kappa shape index (κ2) is 9.09. The van der Waals surface area contributed by atoms with Crippen LogP contribution in [0, 0.1) is 0 Å². The molecule has 0 bridgehead atoms. The van der Waals surface area contributed by atoms with Gasteiger partial charge in [-0.1, -0.05) is 31.9 Å². The van der Waals surface area contributed by atoms with E-state index in [-0.39, 0.29) is 95.1 Å². The minimum atomic E-state index is -4.93. The molecule has 0 aromatic heterocycles. The summed E-state index contributed by atoms with van der Waals surface area (Å²) in [6.45, 7) is 0. The van der Waals surface area contributed by atoms with Crippen LogP contribution in [0.4, 0.5) is 0 Å². The Morgan fingerprint density at radius 3 is 2.16 bits per heavy atom. The van der Waals surface area contributed by atoms with Gasteiger partial charge in [-0.15, -0.1) is 0 Å². The first kappa shape index (κ1) is 23.1. The van der Waals surface area contributed by atoms with Gasteiger partial charge < -0.3 is 24.3 Å². The molecule has 1 aromatic carbocycles. The van der Waals surface area contributed by atoms with Crippen molar-refractivity contribution in [3.63, 3.8) is 0 Å². The van der Waals surface area contributed by atoms with Gasteiger partial charge in [-0.25, -0.2) is 0 Å². The number of carboxylic acids is 1. The van der Waals surface area contributed by atoms with Crippen molar-refractivity contribution in [3.8, 4) is 0 Å². The van der Waals surface area contributed by atoms with E-state index < -0.39 is 25.1 Å². The number of carbonyl (C=O) groups is 1. The molecule has 86 valence electrons. The summed E-state index contributed by atoms with van der Waals surface area (Å²) in [4.78, 5) is 32.9. The standard InChI is InChI=1S/C10H11O5P.3Na/c11-10(12)9-7-4-2-1-3-6(7)5-8(9)16(13,14)15;;;/h1-4,8-9H,5H2,(H,11,12)(H2,13,14,15);;;/q;3*+1/p-3. The molecule has 0 saturated heterocycles. The summed E-state index contributed by atoms with van der Waals surface area (Å²) in [5.74, 6) is -2.85. The number of carboxylic acid groups (broad SMARTS) is 1. The monoisotopic (exact) mass is 308 g/mol. The molecule has 0 N–H and O–H groups in total. The summed E-state index contributed by atoms with van der Waals surface area (Å²) in [6.07, 6.45) is -0.0426. The SMILES string of the molecule is O=C([O-])C1c2ccccc2CC1P(=O)([O-])[O-].[Na+].[Na+].[Na+]. The summed E-state index contributed by atoms with van der Waals surface area (Å²) in [5, 5.41) is 10.9. The molecule has 1 aromatic rings. The Morgan fingerprint density at radius 2 is 1.68 bits per heavy atom. The second-order valence-corrected chi connectivity index (χ2v) is 5.55. The minimum Gasteiger partial charge on any atom is -0.810 e. The molecule has 0 aliphatic heterocycles. The van der Waals surface area contributed by atoms with Gasteiger partial charge in [0.05, 0.1) is 0 Å². The van der Waals surface area contributed by atoms with Gasteiger partial charge in [-0.05, 0) is 17.5 Å². The van der Waals surface area contributed by atoms with Gasteiger partial charge in [-0.2, -0.15) is 0 Å². The molecule has 0 spiro atoms. The van der Waals surface area contributed by atoms with Crippen LogP contribution in [0.2, 0.25) is 0 Å². The predicted molar refractivity (Wildman–Crippen MR) is 49.3 cm³/mol. The molecule has 9 heteroatoms. The van der Waals surface area contributed by atoms with E-state index in [4.69, 9.17) is 0 Å². The van der Waals surface area contributed by atoms with Gasteiger partial charge in [-0.3, -0.25) is 0 Å². The van der Waals surface area contributed by atoms with Crippen LogP contribution < -0.4 is 104 Å². The summed E-state index contributed by atoms with van der Waals surface area (Å²) in [5.41, 5.74) is -0.456. The molecule has 19 heavy (non-hydrogen) atoms. The molecule has 2 atom stereocenters. The second-order valence-electron chi connectivity index (χ2n) is 3.81. The molecule has 0 saturated carbocycles. The molecule has 5 nitrogen and oxygen atoms in total. The molecule has 2 rings (SSSR count). The maximum atomic E-state index is 11.0. The number of aliphatic carboxylic acids is 1. The number of hydrogen-bond donors (Lipinski definition) is 0. The van der Waals surface area contributed by atoms with Crippen LogP contribution in [0.15, 0.2) is 24.3 Å². The molecular formula is C10H8Na3O5P. The summed E-state index contributed by atoms with van der Waals surface area (Å²) >= 11 is 0. The van der Waals surface area contributed by atoms with Crippen LogP contribution in [0.1, 0.15) is 17.0 Å². The maximum absolute atomic E-state index is 11.0. The third-order valence-corrected chi connectivity index (χ3v) is 4.16. The van der Waals surface area contributed by atoms with Crippen molar-refractivity contribution in [2.24, 2.45) is 0 Å². The zero-order valence-corrected chi connectivity index (χ0v) is 18.1. The van der Waals surface area contributed by atoms with Crippen LogP contribution in [-0.4, -0.2) is 11.6 Å². The van der Waals surface area contributed by atoms with E-state index in [0.717, 1.165) is 0 Å². The smallest absolute Gasteiger partial charge is 0.810 e. The first-order valence-electron chi connectivity index (χ1n) is 4.71. The van der Waals surface area contributed by atoms with Gasteiger partial charge in [0, 0.05) is 17.5 Å². The zero-order chi connectivity index (χ0) is 11.9. The third kappa shape index (κ3) is 5.20. The van der Waals surface area contributed by atoms with Gasteiger partial charge in [0.15, 0.2) is 0 Å². The number of carbonyl (C=O) groups excluding carboxylic acids is 1. The average molecular weight is 308 g/mol. The van der Waals surface area contributed by atoms with Crippen molar-refractivity contribution in [1.29, 1.82) is 0 Å². The fraction of sp³-hybridized carbons (Fsp3) is 0.300. The van der Waals surface area contributed by atoms with Crippen molar-refractivity contribution in [2.45, 2.75) is 18.0 Å². The molecule has 0 amide bonds. The van der Waals surface area contributed by atoms with E-state index in [1.54, 1.807) is 18.2 Å². The first-order valence-corrected chi connectivity index (χ1v) is 6.33. The van der Waals surface area contributed by atoms with E-state index >= 15 is 0 Å². The average Bonchev–Trinajstić information content (AvgIpc) is 2.55. The van der Waals surface area contributed by atoms with Crippen LogP contribution in [0.3, 0.4) is 0 Å². The van der Waals surface area contributed by atoms with Crippen molar-refractivity contribution in [3.05, 3.63) is 35.4 Å². The fourth-order valence-corrected chi connectivity index (χ4v) is 3.22. The van der Waals surface area contributed by atoms with Gasteiger partial charge in [0.1, 0.15) is 0 Å². The Morgan fingerprint density at radius 1 is 1.16 bits per heavy atom. The molecule has 0 heterocycles. The van der Waals surface area contributed by atoms with Crippen LogP contribution in [0.5, 0.6) is 0 Å². The largest absolute Gasteiger partial charge is 1.00 e. The minimum absolute atomic E-state index is 0. The van der Waals surface area contributed by atoms with E-state index in [9.17, 15) is 24.3 Å². The van der Waals surface area contributed by atoms with Crippen LogP contribution in [-0.2, 0) is 15.8 Å². The topological polar surface area (TPSA) is 103 Å². The Kier molecular flexibility index (Phi) is 11.1. The molecule has 0 radical (unpaired) electrons. The number of rotatable bonds is 2. The number of hydrogen-bond acceptors (Lipinski definition) is 5. The van der Waals surface area contributed by atoms with Crippen molar-refractivity contribution in [1.82, 2.24) is 0 Å². The summed E-state index contributed by atoms with van der Waals surface area (Å²) in [7, 11) is -4.93. The molecule has 1 aliphatic rings. The fourth-order valence-electron chi connectivity index (χ4n) is 2.15. The summed E-state index contributed by atoms with van der Waals surface area (Å²) < 4.78 is 11.0. The number of fused-ring (bicyclic) bond motifs is 1. The Balaban J connectivity index is 0. The van der Waals surface area contributed by atoms with Crippen LogP contribution >= 0.6 is 7.60 Å². The summed E-state index contributed by atoms with van der Waals surface area (Å²) in [6, 6.07) is 6.43. The van der Waals surface area contributed by atoms with Crippen molar-refractivity contribution < 1.29 is 113 Å². The first-order chi connectivity index (χ1) is 7.41. The Bertz CT molecular complexity index is 490. The normalized spacial score (nSPS) is 20.3. The quantitative estimate of drug-likeness (QED) is 0.399. The van der Waals surface area contributed by atoms with E-state index in [2.05, 4.69) is 0 Å². The number of benzene rings is 1. The van der Waals surface area contributed by atoms with Crippen molar-refractivity contribution in [2.75, 3.05) is 0 Å². The molecular weight excluding hydrogens is 300 g/mol. The molecule has 1 aliphatic carbocycles. The third-order valence-electron chi connectivity index (χ3n) is 2.86. The Labute approximate surface area is 177 Å². The Hall–Kier alpha value is 1.84. The predicted octanol–water partition coefficient (Wildman–Crippen LogP) is -10.6. The molecule has 0 fully saturated rings. The maximum Gasteiger partial charge on any atom is 1.00 e. The van der Waals surface area contributed by atoms with Crippen molar-refractivity contribution >= 4 is 13.6 Å². The van der Waals surface area contributed by atoms with Crippen LogP contribution in [0.25, 0.3) is 0 Å². The molecule has 2 unspecified atom stereocenters. The zero-order valence-electron chi connectivity index (χ0n) is 11.2. The van der Waals surface area contributed by atoms with E-state index in [1.807, 2.05) is 0 Å². The van der Waals surface area contributed by atoms with E-state index in [0.29, 0.717) is 11.1 Å². The van der Waals surface area contributed by atoms with Gasteiger partial charge >= 0.3 is 88.7 Å². The van der Waals surface area contributed by atoms with E-state index in [1.165, 1.54) is 6.07 Å². The van der Waals surface area contributed by atoms with Gasteiger partial charge in [0.25, 0.3) is 0 Å².